The zero-order valence-electron chi connectivity index (χ0n) is 13.2. The van der Waals surface area contributed by atoms with E-state index < -0.39 is 0 Å². The van der Waals surface area contributed by atoms with Crippen molar-refractivity contribution in [1.29, 1.82) is 0 Å². The Morgan fingerprint density at radius 2 is 1.87 bits per heavy atom. The molecule has 0 bridgehead atoms. The second kappa shape index (κ2) is 6.02. The Morgan fingerprint density at radius 3 is 2.70 bits per heavy atom. The monoisotopic (exact) mass is 307 g/mol. The number of imidazole rings is 1. The molecular weight excluding hydrogens is 286 g/mol. The largest absolute Gasteiger partial charge is 0.354 e. The molecule has 5 heteroatoms. The predicted octanol–water partition coefficient (Wildman–Crippen LogP) is 2.59. The Balaban J connectivity index is 1.40. The third-order valence-corrected chi connectivity index (χ3v) is 4.48. The van der Waals surface area contributed by atoms with Crippen LogP contribution in [0.5, 0.6) is 0 Å². The molecule has 0 radical (unpaired) electrons. The lowest BCUT2D eigenvalue weighted by Crippen LogP contribution is -2.35. The fourth-order valence-electron chi connectivity index (χ4n) is 3.18. The van der Waals surface area contributed by atoms with Crippen molar-refractivity contribution in [3.8, 4) is 0 Å². The summed E-state index contributed by atoms with van der Waals surface area (Å²) in [6.45, 7) is 0.841. The van der Waals surface area contributed by atoms with Gasteiger partial charge in [0.25, 0.3) is 0 Å². The molecule has 118 valence electrons. The van der Waals surface area contributed by atoms with Gasteiger partial charge in [-0.05, 0) is 24.1 Å². The summed E-state index contributed by atoms with van der Waals surface area (Å²) in [4.78, 5) is 4.65. The fourth-order valence-corrected chi connectivity index (χ4v) is 3.18. The molecule has 0 amide bonds. The first-order chi connectivity index (χ1) is 11.3. The van der Waals surface area contributed by atoms with Gasteiger partial charge in [-0.2, -0.15) is 0 Å². The Morgan fingerprint density at radius 1 is 1.09 bits per heavy atom. The lowest BCUT2D eigenvalue weighted by Gasteiger charge is -2.11. The second-order valence-corrected chi connectivity index (χ2v) is 6.05. The maximum atomic E-state index is 4.65. The van der Waals surface area contributed by atoms with Crippen molar-refractivity contribution in [1.82, 2.24) is 20.4 Å². The van der Waals surface area contributed by atoms with Crippen LogP contribution in [0.2, 0.25) is 0 Å². The first-order valence-corrected chi connectivity index (χ1v) is 8.02. The summed E-state index contributed by atoms with van der Waals surface area (Å²) < 4.78 is 2.10. The minimum absolute atomic E-state index is 0.364. The van der Waals surface area contributed by atoms with Gasteiger partial charge in [-0.15, -0.1) is 0 Å². The third kappa shape index (κ3) is 2.81. The van der Waals surface area contributed by atoms with Crippen molar-refractivity contribution in [3.05, 3.63) is 60.2 Å². The minimum atomic E-state index is 0.364. The van der Waals surface area contributed by atoms with Crippen molar-refractivity contribution in [2.45, 2.75) is 18.5 Å². The number of hydrogen-bond acceptors (Lipinski definition) is 4. The highest BCUT2D eigenvalue weighted by Gasteiger charge is 2.24. The van der Waals surface area contributed by atoms with Crippen molar-refractivity contribution < 1.29 is 0 Å². The molecule has 0 spiro atoms. The van der Waals surface area contributed by atoms with Crippen LogP contribution in [0.4, 0.5) is 5.95 Å². The molecule has 1 aliphatic heterocycles. The van der Waals surface area contributed by atoms with Gasteiger partial charge in [-0.3, -0.25) is 5.43 Å². The molecule has 2 atom stereocenters. The molecule has 2 unspecified atom stereocenters. The van der Waals surface area contributed by atoms with E-state index in [1.165, 1.54) is 5.56 Å². The Kier molecular flexibility index (Phi) is 3.73. The van der Waals surface area contributed by atoms with E-state index in [1.54, 1.807) is 0 Å². The summed E-state index contributed by atoms with van der Waals surface area (Å²) in [7, 11) is 2.05. The molecular formula is C18H21N5. The Hall–Kier alpha value is -2.37. The number of nitrogens with one attached hydrogen (secondary N) is 3. The third-order valence-electron chi connectivity index (χ3n) is 4.48. The molecule has 23 heavy (non-hydrogen) atoms. The standard InChI is InChI=1S/C18H21N5/c1-23-17-10-6-5-9-15(17)20-18(23)19-12-14-11-16(22-21-14)13-7-3-2-4-8-13/h2-10,14,16,21-22H,11-12H2,1H3,(H,19,20). The van der Waals surface area contributed by atoms with Gasteiger partial charge < -0.3 is 9.88 Å². The van der Waals surface area contributed by atoms with E-state index in [0.29, 0.717) is 12.1 Å². The molecule has 1 aromatic heterocycles. The van der Waals surface area contributed by atoms with Crippen molar-refractivity contribution in [3.63, 3.8) is 0 Å². The summed E-state index contributed by atoms with van der Waals surface area (Å²) >= 11 is 0. The van der Waals surface area contributed by atoms with Crippen LogP contribution < -0.4 is 16.2 Å². The van der Waals surface area contributed by atoms with Gasteiger partial charge in [-0.1, -0.05) is 42.5 Å². The van der Waals surface area contributed by atoms with Gasteiger partial charge in [0.15, 0.2) is 0 Å². The number of aryl methyl sites for hydroxylation is 1. The fraction of sp³-hybridized carbons (Fsp3) is 0.278. The SMILES string of the molecule is Cn1c(NCC2CC(c3ccccc3)NN2)nc2ccccc21. The molecule has 3 N–H and O–H groups in total. The molecule has 1 aliphatic rings. The van der Waals surface area contributed by atoms with Crippen LogP contribution in [0.3, 0.4) is 0 Å². The highest BCUT2D eigenvalue weighted by molar-refractivity contribution is 5.78. The molecule has 3 aromatic rings. The molecule has 4 rings (SSSR count). The van der Waals surface area contributed by atoms with E-state index in [9.17, 15) is 0 Å². The number of rotatable bonds is 4. The van der Waals surface area contributed by atoms with Gasteiger partial charge in [-0.25, -0.2) is 10.4 Å². The Bertz CT molecular complexity index is 796. The molecule has 2 aromatic carbocycles. The lowest BCUT2D eigenvalue weighted by atomic mass is 10.0. The number of nitrogens with zero attached hydrogens (tertiary/aromatic N) is 2. The maximum Gasteiger partial charge on any atom is 0.203 e. The van der Waals surface area contributed by atoms with Gasteiger partial charge in [0.2, 0.25) is 5.95 Å². The van der Waals surface area contributed by atoms with Crippen LogP contribution >= 0.6 is 0 Å². The van der Waals surface area contributed by atoms with Crippen molar-refractivity contribution in [2.24, 2.45) is 7.05 Å². The van der Waals surface area contributed by atoms with Gasteiger partial charge in [0.05, 0.1) is 11.0 Å². The summed E-state index contributed by atoms with van der Waals surface area (Å²) in [5.41, 5.74) is 10.3. The molecule has 0 aliphatic carbocycles. The minimum Gasteiger partial charge on any atom is -0.354 e. The number of hydrazine groups is 1. The molecule has 0 saturated carbocycles. The van der Waals surface area contributed by atoms with Gasteiger partial charge >= 0.3 is 0 Å². The summed E-state index contributed by atoms with van der Waals surface area (Å²) in [5.74, 6) is 0.913. The van der Waals surface area contributed by atoms with Crippen LogP contribution in [0.25, 0.3) is 11.0 Å². The van der Waals surface area contributed by atoms with Crippen molar-refractivity contribution >= 4 is 17.0 Å². The summed E-state index contributed by atoms with van der Waals surface area (Å²) in [6, 6.07) is 19.5. The van der Waals surface area contributed by atoms with E-state index in [0.717, 1.165) is 29.9 Å². The van der Waals surface area contributed by atoms with Gasteiger partial charge in [0, 0.05) is 25.7 Å². The molecule has 2 heterocycles. The van der Waals surface area contributed by atoms with E-state index in [-0.39, 0.29) is 0 Å². The summed E-state index contributed by atoms with van der Waals surface area (Å²) in [5, 5.41) is 3.47. The average molecular weight is 307 g/mol. The zero-order valence-corrected chi connectivity index (χ0v) is 13.2. The highest BCUT2D eigenvalue weighted by Crippen LogP contribution is 2.22. The van der Waals surface area contributed by atoms with Crippen LogP contribution in [0.1, 0.15) is 18.0 Å². The van der Waals surface area contributed by atoms with E-state index >= 15 is 0 Å². The van der Waals surface area contributed by atoms with E-state index in [1.807, 2.05) is 25.2 Å². The highest BCUT2D eigenvalue weighted by atomic mass is 15.4. The number of benzene rings is 2. The number of hydrogen-bond donors (Lipinski definition) is 3. The normalized spacial score (nSPS) is 20.9. The predicted molar refractivity (Wildman–Crippen MR) is 93.1 cm³/mol. The second-order valence-electron chi connectivity index (χ2n) is 6.05. The summed E-state index contributed by atoms with van der Waals surface area (Å²) in [6.07, 6.45) is 1.06. The topological polar surface area (TPSA) is 53.9 Å². The smallest absolute Gasteiger partial charge is 0.203 e. The van der Waals surface area contributed by atoms with Crippen molar-refractivity contribution in [2.75, 3.05) is 11.9 Å². The first kappa shape index (κ1) is 14.2. The van der Waals surface area contributed by atoms with Crippen LogP contribution in [-0.2, 0) is 7.05 Å². The number of aromatic nitrogens is 2. The molecule has 1 fully saturated rings. The number of fused-ring (bicyclic) bond motifs is 1. The van der Waals surface area contributed by atoms with Gasteiger partial charge in [0.1, 0.15) is 0 Å². The quantitative estimate of drug-likeness (QED) is 0.693. The van der Waals surface area contributed by atoms with Crippen LogP contribution in [0.15, 0.2) is 54.6 Å². The average Bonchev–Trinajstić information content (AvgIpc) is 3.19. The number of anilines is 1. The van der Waals surface area contributed by atoms with E-state index in [2.05, 4.69) is 62.1 Å². The molecule has 5 nitrogen and oxygen atoms in total. The first-order valence-electron chi connectivity index (χ1n) is 8.02. The Labute approximate surface area is 135 Å². The molecule has 1 saturated heterocycles. The van der Waals surface area contributed by atoms with E-state index in [4.69, 9.17) is 0 Å². The van der Waals surface area contributed by atoms with Crippen LogP contribution in [-0.4, -0.2) is 22.1 Å². The number of para-hydroxylation sites is 2. The van der Waals surface area contributed by atoms with Crippen LogP contribution in [0, 0.1) is 0 Å². The zero-order chi connectivity index (χ0) is 15.6. The lowest BCUT2D eigenvalue weighted by molar-refractivity contribution is 0.551. The maximum absolute atomic E-state index is 4.65.